The Balaban J connectivity index is 1.67. The molecule has 1 aliphatic heterocycles. The number of hydrogen-bond donors (Lipinski definition) is 0. The van der Waals surface area contributed by atoms with Crippen molar-refractivity contribution in [3.63, 3.8) is 0 Å². The van der Waals surface area contributed by atoms with Gasteiger partial charge in [-0.2, -0.15) is 5.26 Å². The minimum Gasteiger partial charge on any atom is -0.492 e. The average Bonchev–Trinajstić information content (AvgIpc) is 3.15. The van der Waals surface area contributed by atoms with Crippen molar-refractivity contribution in [3.05, 3.63) is 41.2 Å². The van der Waals surface area contributed by atoms with Gasteiger partial charge in [0.25, 0.3) is 0 Å². The molecule has 0 aliphatic carbocycles. The van der Waals surface area contributed by atoms with Crippen LogP contribution < -0.4 is 4.74 Å². The third-order valence-electron chi connectivity index (χ3n) is 3.68. The zero-order valence-corrected chi connectivity index (χ0v) is 12.5. The Morgan fingerprint density at radius 2 is 2.41 bits per heavy atom. The van der Waals surface area contributed by atoms with Crippen LogP contribution in [0.15, 0.2) is 24.3 Å². The molecule has 6 heteroatoms. The Hall–Kier alpha value is -2.39. The molecule has 22 heavy (non-hydrogen) atoms. The largest absolute Gasteiger partial charge is 0.492 e. The Bertz CT molecular complexity index is 684. The van der Waals surface area contributed by atoms with Gasteiger partial charge in [-0.25, -0.2) is 4.68 Å². The van der Waals surface area contributed by atoms with E-state index in [1.165, 1.54) is 0 Å². The van der Waals surface area contributed by atoms with Crippen LogP contribution in [0.2, 0.25) is 0 Å². The number of nitrogens with zero attached hydrogens (tertiary/aromatic N) is 4. The molecule has 0 N–H and O–H groups in total. The molecule has 1 aromatic heterocycles. The number of nitriles is 1. The molecule has 1 atom stereocenters. The van der Waals surface area contributed by atoms with Crippen molar-refractivity contribution in [2.45, 2.75) is 32.4 Å². The zero-order valence-electron chi connectivity index (χ0n) is 12.5. The van der Waals surface area contributed by atoms with Crippen LogP contribution in [0.5, 0.6) is 5.75 Å². The molecular formula is C16H18N4O2. The molecule has 0 radical (unpaired) electrons. The van der Waals surface area contributed by atoms with Crippen LogP contribution in [-0.4, -0.2) is 28.2 Å². The molecule has 6 nitrogen and oxygen atoms in total. The Kier molecular flexibility index (Phi) is 4.35. The van der Waals surface area contributed by atoms with Gasteiger partial charge in [-0.1, -0.05) is 17.3 Å². The molecule has 0 amide bonds. The van der Waals surface area contributed by atoms with Crippen molar-refractivity contribution in [3.8, 4) is 11.8 Å². The molecular weight excluding hydrogens is 280 g/mol. The first-order valence-corrected chi connectivity index (χ1v) is 7.42. The highest BCUT2D eigenvalue weighted by atomic mass is 16.5. The van der Waals surface area contributed by atoms with Crippen molar-refractivity contribution >= 4 is 0 Å². The third-order valence-corrected chi connectivity index (χ3v) is 3.68. The first kappa shape index (κ1) is 14.5. The second-order valence-corrected chi connectivity index (χ2v) is 5.32. The maximum Gasteiger partial charge on any atom is 0.188 e. The Morgan fingerprint density at radius 1 is 1.50 bits per heavy atom. The molecule has 0 saturated carbocycles. The zero-order chi connectivity index (χ0) is 15.4. The molecule has 1 aliphatic rings. The standard InChI is InChI=1S/C16H18N4O2/c1-12-4-2-5-13(10-12)21-9-7-20-16(14(11-17)18-19-20)15-6-3-8-22-15/h2,4-5,10,15H,3,6-9H2,1H3. The van der Waals surface area contributed by atoms with Crippen LogP contribution in [0.4, 0.5) is 0 Å². The van der Waals surface area contributed by atoms with Crippen molar-refractivity contribution < 1.29 is 9.47 Å². The van der Waals surface area contributed by atoms with Crippen LogP contribution in [0, 0.1) is 18.3 Å². The molecule has 114 valence electrons. The van der Waals surface area contributed by atoms with Gasteiger partial charge in [-0.05, 0) is 37.5 Å². The fraction of sp³-hybridized carbons (Fsp3) is 0.438. The van der Waals surface area contributed by atoms with Crippen LogP contribution in [0.1, 0.15) is 35.9 Å². The average molecular weight is 298 g/mol. The lowest BCUT2D eigenvalue weighted by Gasteiger charge is -2.12. The maximum atomic E-state index is 9.17. The summed E-state index contributed by atoms with van der Waals surface area (Å²) in [7, 11) is 0. The molecule has 1 saturated heterocycles. The van der Waals surface area contributed by atoms with Crippen molar-refractivity contribution in [1.29, 1.82) is 5.26 Å². The van der Waals surface area contributed by atoms with E-state index in [4.69, 9.17) is 9.47 Å². The van der Waals surface area contributed by atoms with E-state index in [1.807, 2.05) is 31.2 Å². The second-order valence-electron chi connectivity index (χ2n) is 5.32. The van der Waals surface area contributed by atoms with Gasteiger partial charge < -0.3 is 9.47 Å². The van der Waals surface area contributed by atoms with E-state index >= 15 is 0 Å². The van der Waals surface area contributed by atoms with Crippen LogP contribution in [0.3, 0.4) is 0 Å². The molecule has 1 fully saturated rings. The van der Waals surface area contributed by atoms with Gasteiger partial charge in [0.15, 0.2) is 5.69 Å². The molecule has 3 rings (SSSR count). The molecule has 1 aromatic carbocycles. The number of aromatic nitrogens is 3. The highest BCUT2D eigenvalue weighted by Crippen LogP contribution is 2.29. The van der Waals surface area contributed by atoms with E-state index in [9.17, 15) is 5.26 Å². The molecule has 2 heterocycles. The first-order valence-electron chi connectivity index (χ1n) is 7.42. The van der Waals surface area contributed by atoms with Crippen molar-refractivity contribution in [1.82, 2.24) is 15.0 Å². The van der Waals surface area contributed by atoms with Gasteiger partial charge in [-0.3, -0.25) is 0 Å². The molecule has 0 spiro atoms. The normalized spacial score (nSPS) is 17.4. The minimum atomic E-state index is -0.0800. The minimum absolute atomic E-state index is 0.0800. The highest BCUT2D eigenvalue weighted by Gasteiger charge is 2.26. The summed E-state index contributed by atoms with van der Waals surface area (Å²) in [6.07, 6.45) is 1.82. The van der Waals surface area contributed by atoms with E-state index in [-0.39, 0.29) is 6.10 Å². The Morgan fingerprint density at radius 3 is 3.14 bits per heavy atom. The number of hydrogen-bond acceptors (Lipinski definition) is 5. The predicted octanol–water partition coefficient (Wildman–Crippen LogP) is 2.39. The lowest BCUT2D eigenvalue weighted by atomic mass is 10.1. The summed E-state index contributed by atoms with van der Waals surface area (Å²) < 4.78 is 13.1. The van der Waals surface area contributed by atoms with E-state index < -0.39 is 0 Å². The number of ether oxygens (including phenoxy) is 2. The highest BCUT2D eigenvalue weighted by molar-refractivity contribution is 5.28. The van der Waals surface area contributed by atoms with Crippen molar-refractivity contribution in [2.75, 3.05) is 13.2 Å². The van der Waals surface area contributed by atoms with Gasteiger partial charge >= 0.3 is 0 Å². The summed E-state index contributed by atoms with van der Waals surface area (Å²) in [5.41, 5.74) is 2.28. The Labute approximate surface area is 129 Å². The molecule has 2 aromatic rings. The van der Waals surface area contributed by atoms with Crippen molar-refractivity contribution in [2.24, 2.45) is 0 Å². The summed E-state index contributed by atoms with van der Waals surface area (Å²) in [6, 6.07) is 10.00. The van der Waals surface area contributed by atoms with Gasteiger partial charge in [0.1, 0.15) is 30.2 Å². The third kappa shape index (κ3) is 3.10. The smallest absolute Gasteiger partial charge is 0.188 e. The summed E-state index contributed by atoms with van der Waals surface area (Å²) >= 11 is 0. The second kappa shape index (κ2) is 6.58. The van der Waals surface area contributed by atoms with Gasteiger partial charge in [0, 0.05) is 6.61 Å². The summed E-state index contributed by atoms with van der Waals surface area (Å²) in [5.74, 6) is 0.833. The summed E-state index contributed by atoms with van der Waals surface area (Å²) in [6.45, 7) is 3.76. The van der Waals surface area contributed by atoms with Crippen LogP contribution in [0.25, 0.3) is 0 Å². The van der Waals surface area contributed by atoms with E-state index in [1.54, 1.807) is 4.68 Å². The van der Waals surface area contributed by atoms with Crippen LogP contribution >= 0.6 is 0 Å². The number of rotatable bonds is 5. The number of aryl methyl sites for hydroxylation is 1. The first-order chi connectivity index (χ1) is 10.8. The lowest BCUT2D eigenvalue weighted by Crippen LogP contribution is -2.15. The van der Waals surface area contributed by atoms with Gasteiger partial charge in [0.2, 0.25) is 0 Å². The van der Waals surface area contributed by atoms with Gasteiger partial charge in [-0.15, -0.1) is 5.10 Å². The summed E-state index contributed by atoms with van der Waals surface area (Å²) in [4.78, 5) is 0. The SMILES string of the molecule is Cc1cccc(OCCn2nnc(C#N)c2C2CCCO2)c1. The summed E-state index contributed by atoms with van der Waals surface area (Å²) in [5, 5.41) is 17.2. The fourth-order valence-corrected chi connectivity index (χ4v) is 2.63. The van der Waals surface area contributed by atoms with Gasteiger partial charge in [0.05, 0.1) is 6.54 Å². The van der Waals surface area contributed by atoms with E-state index in [0.717, 1.165) is 36.5 Å². The topological polar surface area (TPSA) is 73.0 Å². The van der Waals surface area contributed by atoms with Crippen LogP contribution in [-0.2, 0) is 11.3 Å². The maximum absolute atomic E-state index is 9.17. The lowest BCUT2D eigenvalue weighted by molar-refractivity contribution is 0.103. The fourth-order valence-electron chi connectivity index (χ4n) is 2.63. The predicted molar refractivity (Wildman–Crippen MR) is 79.3 cm³/mol. The molecule has 1 unspecified atom stereocenters. The quantitative estimate of drug-likeness (QED) is 0.847. The number of benzene rings is 1. The molecule has 0 bridgehead atoms. The van der Waals surface area contributed by atoms with E-state index in [2.05, 4.69) is 16.4 Å². The monoisotopic (exact) mass is 298 g/mol. The van der Waals surface area contributed by atoms with E-state index in [0.29, 0.717) is 18.8 Å².